The Balaban J connectivity index is 1.40. The lowest BCUT2D eigenvalue weighted by atomic mass is 10.1. The minimum absolute atomic E-state index is 0.495. The minimum atomic E-state index is 0.495. The highest BCUT2D eigenvalue weighted by molar-refractivity contribution is 7.98. The van der Waals surface area contributed by atoms with Crippen molar-refractivity contribution in [2.24, 2.45) is 0 Å². The topological polar surface area (TPSA) is 78.9 Å². The smallest absolute Gasteiger partial charge is 0.237 e. The number of benzene rings is 3. The zero-order valence-electron chi connectivity index (χ0n) is 18.7. The normalized spacial score (nSPS) is 11.0. The third kappa shape index (κ3) is 4.87. The predicted octanol–water partition coefficient (Wildman–Crippen LogP) is 5.54. The fraction of sp³-hybridized carbons (Fsp3) is 0.154. The van der Waals surface area contributed by atoms with Crippen LogP contribution in [0, 0.1) is 0 Å². The molecule has 0 aliphatic carbocycles. The highest BCUT2D eigenvalue weighted by Crippen LogP contribution is 2.32. The van der Waals surface area contributed by atoms with Gasteiger partial charge in [-0.15, -0.1) is 10.2 Å². The monoisotopic (exact) mass is 469 g/mol. The van der Waals surface area contributed by atoms with Gasteiger partial charge in [0, 0.05) is 12.1 Å². The molecule has 7 nitrogen and oxygen atoms in total. The Bertz CT molecular complexity index is 1350. The lowest BCUT2D eigenvalue weighted by molar-refractivity contribution is 0.391. The first-order valence-electron chi connectivity index (χ1n) is 10.9. The highest BCUT2D eigenvalue weighted by Gasteiger charge is 2.19. The van der Waals surface area contributed by atoms with Gasteiger partial charge in [0.05, 0.1) is 18.4 Å². The summed E-state index contributed by atoms with van der Waals surface area (Å²) in [6, 6.07) is 28.0. The summed E-state index contributed by atoms with van der Waals surface area (Å²) in [5.41, 5.74) is 3.08. The van der Waals surface area contributed by atoms with Crippen LogP contribution < -0.4 is 4.74 Å². The number of hydrogen-bond donors (Lipinski definition) is 0. The van der Waals surface area contributed by atoms with Crippen molar-refractivity contribution in [2.75, 3.05) is 7.11 Å². The van der Waals surface area contributed by atoms with Crippen LogP contribution in [0.5, 0.6) is 5.75 Å². The molecule has 0 N–H and O–H groups in total. The van der Waals surface area contributed by atoms with E-state index in [1.165, 1.54) is 17.3 Å². The first kappa shape index (κ1) is 21.9. The average molecular weight is 470 g/mol. The standard InChI is InChI=1S/C26H23N5O2S/c1-32-22-15-9-8-14-21(22)25-28-29-26(31(25)17-16-19-10-4-2-5-11-19)34-18-23-27-24(30-33-23)20-12-6-3-7-13-20/h2-15H,16-18H2,1H3. The van der Waals surface area contributed by atoms with Gasteiger partial charge in [0.1, 0.15) is 5.75 Å². The van der Waals surface area contributed by atoms with Crippen molar-refractivity contribution in [1.29, 1.82) is 0 Å². The molecule has 2 heterocycles. The molecule has 0 radical (unpaired) electrons. The zero-order valence-corrected chi connectivity index (χ0v) is 19.5. The molecule has 0 spiro atoms. The van der Waals surface area contributed by atoms with Gasteiger partial charge in [0.25, 0.3) is 0 Å². The van der Waals surface area contributed by atoms with E-state index in [0.29, 0.717) is 17.5 Å². The third-order valence-electron chi connectivity index (χ3n) is 5.36. The number of ether oxygens (including phenoxy) is 1. The largest absolute Gasteiger partial charge is 0.496 e. The maximum atomic E-state index is 5.58. The molecule has 5 aromatic rings. The molecule has 2 aromatic heterocycles. The summed E-state index contributed by atoms with van der Waals surface area (Å²) in [4.78, 5) is 4.54. The van der Waals surface area contributed by atoms with Crippen molar-refractivity contribution >= 4 is 11.8 Å². The summed E-state index contributed by atoms with van der Waals surface area (Å²) < 4.78 is 13.2. The summed E-state index contributed by atoms with van der Waals surface area (Å²) >= 11 is 1.53. The van der Waals surface area contributed by atoms with Gasteiger partial charge in [-0.05, 0) is 24.1 Å². The first-order valence-corrected chi connectivity index (χ1v) is 11.9. The summed E-state index contributed by atoms with van der Waals surface area (Å²) in [6.45, 7) is 0.728. The number of rotatable bonds is 9. The number of hydrogen-bond acceptors (Lipinski definition) is 7. The van der Waals surface area contributed by atoms with Crippen LogP contribution in [0.25, 0.3) is 22.8 Å². The molecule has 0 fully saturated rings. The van der Waals surface area contributed by atoms with Gasteiger partial charge >= 0.3 is 0 Å². The second kappa shape index (κ2) is 10.4. The van der Waals surface area contributed by atoms with Crippen LogP contribution >= 0.6 is 11.8 Å². The van der Waals surface area contributed by atoms with Crippen LogP contribution in [0.1, 0.15) is 11.5 Å². The van der Waals surface area contributed by atoms with E-state index in [4.69, 9.17) is 9.26 Å². The van der Waals surface area contributed by atoms with Gasteiger partial charge in [0.15, 0.2) is 11.0 Å². The van der Waals surface area contributed by atoms with Gasteiger partial charge in [-0.2, -0.15) is 4.98 Å². The summed E-state index contributed by atoms with van der Waals surface area (Å²) in [5, 5.41) is 13.9. The maximum Gasteiger partial charge on any atom is 0.237 e. The molecule has 0 bridgehead atoms. The summed E-state index contributed by atoms with van der Waals surface area (Å²) in [6.07, 6.45) is 0.854. The van der Waals surface area contributed by atoms with Gasteiger partial charge in [-0.1, -0.05) is 89.7 Å². The van der Waals surface area contributed by atoms with Crippen LogP contribution in [-0.4, -0.2) is 32.0 Å². The van der Waals surface area contributed by atoms with Crippen LogP contribution in [-0.2, 0) is 18.7 Å². The van der Waals surface area contributed by atoms with E-state index >= 15 is 0 Å². The van der Waals surface area contributed by atoms with E-state index in [1.54, 1.807) is 7.11 Å². The number of thioether (sulfide) groups is 1. The van der Waals surface area contributed by atoms with Gasteiger partial charge in [0.2, 0.25) is 11.7 Å². The highest BCUT2D eigenvalue weighted by atomic mass is 32.2. The molecule has 5 rings (SSSR count). The second-order valence-electron chi connectivity index (χ2n) is 7.56. The molecule has 3 aromatic carbocycles. The lowest BCUT2D eigenvalue weighted by Gasteiger charge is -2.12. The average Bonchev–Trinajstić information content (AvgIpc) is 3.54. The number of aromatic nitrogens is 5. The molecule has 0 amide bonds. The minimum Gasteiger partial charge on any atom is -0.496 e. The van der Waals surface area contributed by atoms with E-state index in [0.717, 1.165) is 40.8 Å². The van der Waals surface area contributed by atoms with Gasteiger partial charge < -0.3 is 13.8 Å². The maximum absolute atomic E-state index is 5.58. The van der Waals surface area contributed by atoms with E-state index in [2.05, 4.69) is 49.2 Å². The molecule has 0 aliphatic rings. The Kier molecular flexibility index (Phi) is 6.67. The van der Waals surface area contributed by atoms with Crippen molar-refractivity contribution in [3.05, 3.63) is 96.4 Å². The quantitative estimate of drug-likeness (QED) is 0.262. The molecule has 170 valence electrons. The van der Waals surface area contributed by atoms with Crippen molar-refractivity contribution in [3.8, 4) is 28.5 Å². The molecule has 0 atom stereocenters. The van der Waals surface area contributed by atoms with Crippen LogP contribution in [0.15, 0.2) is 94.6 Å². The van der Waals surface area contributed by atoms with E-state index in [9.17, 15) is 0 Å². The third-order valence-corrected chi connectivity index (χ3v) is 6.31. The fourth-order valence-electron chi connectivity index (χ4n) is 3.66. The lowest BCUT2D eigenvalue weighted by Crippen LogP contribution is -2.06. The molecule has 8 heteroatoms. The SMILES string of the molecule is COc1ccccc1-c1nnc(SCc2nc(-c3ccccc3)no2)n1CCc1ccccc1. The summed E-state index contributed by atoms with van der Waals surface area (Å²) in [5.74, 6) is 3.15. The van der Waals surface area contributed by atoms with Crippen LogP contribution in [0.2, 0.25) is 0 Å². The molecule has 0 saturated heterocycles. The Morgan fingerprint density at radius 2 is 1.62 bits per heavy atom. The molecular weight excluding hydrogens is 446 g/mol. The Morgan fingerprint density at radius 3 is 2.41 bits per heavy atom. The molecule has 0 saturated carbocycles. The van der Waals surface area contributed by atoms with Gasteiger partial charge in [-0.3, -0.25) is 0 Å². The predicted molar refractivity (Wildman–Crippen MR) is 131 cm³/mol. The molecule has 0 unspecified atom stereocenters. The second-order valence-corrected chi connectivity index (χ2v) is 8.50. The zero-order chi connectivity index (χ0) is 23.2. The van der Waals surface area contributed by atoms with E-state index < -0.39 is 0 Å². The molecule has 0 aliphatic heterocycles. The summed E-state index contributed by atoms with van der Waals surface area (Å²) in [7, 11) is 1.67. The number of methoxy groups -OCH3 is 1. The van der Waals surface area contributed by atoms with Crippen molar-refractivity contribution in [1.82, 2.24) is 24.9 Å². The first-order chi connectivity index (χ1) is 16.8. The van der Waals surface area contributed by atoms with Crippen molar-refractivity contribution in [2.45, 2.75) is 23.9 Å². The van der Waals surface area contributed by atoms with Crippen molar-refractivity contribution < 1.29 is 9.26 Å². The Hall–Kier alpha value is -3.91. The number of nitrogens with zero attached hydrogens (tertiary/aromatic N) is 5. The van der Waals surface area contributed by atoms with E-state index in [1.807, 2.05) is 60.7 Å². The number of aryl methyl sites for hydroxylation is 1. The molecule has 34 heavy (non-hydrogen) atoms. The van der Waals surface area contributed by atoms with Gasteiger partial charge in [-0.25, -0.2) is 0 Å². The van der Waals surface area contributed by atoms with Crippen LogP contribution in [0.3, 0.4) is 0 Å². The van der Waals surface area contributed by atoms with Crippen molar-refractivity contribution in [3.63, 3.8) is 0 Å². The van der Waals surface area contributed by atoms with Crippen LogP contribution in [0.4, 0.5) is 0 Å². The Labute approximate surface area is 201 Å². The fourth-order valence-corrected chi connectivity index (χ4v) is 4.46. The molecular formula is C26H23N5O2S. The van der Waals surface area contributed by atoms with E-state index in [-0.39, 0.29) is 0 Å². The Morgan fingerprint density at radius 1 is 0.882 bits per heavy atom. The number of para-hydroxylation sites is 1.